The van der Waals surface area contributed by atoms with Gasteiger partial charge in [0.2, 0.25) is 0 Å². The molecule has 4 nitrogen and oxygen atoms in total. The fourth-order valence-electron chi connectivity index (χ4n) is 2.08. The largest absolute Gasteiger partial charge is 0.383 e. The van der Waals surface area contributed by atoms with Crippen LogP contribution in [0, 0.1) is 0 Å². The highest BCUT2D eigenvalue weighted by atomic mass is 16.5. The third kappa shape index (κ3) is 9.83. The van der Waals surface area contributed by atoms with Gasteiger partial charge >= 0.3 is 0 Å². The van der Waals surface area contributed by atoms with Gasteiger partial charge in [-0.05, 0) is 32.4 Å². The molecule has 1 unspecified atom stereocenters. The van der Waals surface area contributed by atoms with E-state index in [9.17, 15) is 0 Å². The fourth-order valence-corrected chi connectivity index (χ4v) is 2.08. The summed E-state index contributed by atoms with van der Waals surface area (Å²) in [4.78, 5) is 2.42. The molecule has 0 spiro atoms. The molecule has 0 radical (unpaired) electrons. The number of nitrogens with zero attached hydrogens (tertiary/aromatic N) is 1. The Morgan fingerprint density at radius 1 is 1.00 bits per heavy atom. The molecule has 0 aliphatic carbocycles. The Bertz CT molecular complexity index is 160. The van der Waals surface area contributed by atoms with Crippen LogP contribution in [0.15, 0.2) is 0 Å². The molecule has 0 aliphatic heterocycles. The Labute approximate surface area is 113 Å². The first kappa shape index (κ1) is 17.8. The summed E-state index contributed by atoms with van der Waals surface area (Å²) in [5.74, 6) is 0. The summed E-state index contributed by atoms with van der Waals surface area (Å²) in [7, 11) is 3.51. The molecule has 0 rings (SSSR count). The average molecular weight is 260 g/mol. The second-order valence-electron chi connectivity index (χ2n) is 4.63. The van der Waals surface area contributed by atoms with Crippen molar-refractivity contribution in [1.29, 1.82) is 0 Å². The second-order valence-corrected chi connectivity index (χ2v) is 4.63. The molecule has 0 aromatic rings. The predicted octanol–water partition coefficient (Wildman–Crippen LogP) is 1.75. The van der Waals surface area contributed by atoms with Gasteiger partial charge < -0.3 is 14.8 Å². The third-order valence-electron chi connectivity index (χ3n) is 3.24. The van der Waals surface area contributed by atoms with Crippen molar-refractivity contribution >= 4 is 0 Å². The van der Waals surface area contributed by atoms with Gasteiger partial charge in [-0.1, -0.05) is 13.8 Å². The summed E-state index contributed by atoms with van der Waals surface area (Å²) in [6, 6.07) is 0.668. The Balaban J connectivity index is 3.77. The zero-order chi connectivity index (χ0) is 13.6. The van der Waals surface area contributed by atoms with Gasteiger partial charge in [0.05, 0.1) is 13.2 Å². The first-order valence-corrected chi connectivity index (χ1v) is 7.22. The van der Waals surface area contributed by atoms with Crippen molar-refractivity contribution in [1.82, 2.24) is 10.2 Å². The van der Waals surface area contributed by atoms with E-state index in [0.29, 0.717) is 6.04 Å². The molecule has 1 atom stereocenters. The van der Waals surface area contributed by atoms with Crippen molar-refractivity contribution < 1.29 is 9.47 Å². The summed E-state index contributed by atoms with van der Waals surface area (Å²) in [5.41, 5.74) is 0. The number of nitrogens with one attached hydrogen (secondary N) is 1. The second kappa shape index (κ2) is 13.3. The molecule has 0 aliphatic rings. The van der Waals surface area contributed by atoms with E-state index in [2.05, 4.69) is 24.1 Å². The fraction of sp³-hybridized carbons (Fsp3) is 1.00. The molecule has 0 bridgehead atoms. The number of hydrogen-bond donors (Lipinski definition) is 1. The third-order valence-corrected chi connectivity index (χ3v) is 3.24. The van der Waals surface area contributed by atoms with Crippen LogP contribution in [0.1, 0.15) is 33.1 Å². The molecule has 110 valence electrons. The number of rotatable bonds is 13. The average Bonchev–Trinajstić information content (AvgIpc) is 2.40. The van der Waals surface area contributed by atoms with Crippen LogP contribution in [0.25, 0.3) is 0 Å². The normalized spacial score (nSPS) is 13.2. The van der Waals surface area contributed by atoms with E-state index in [1.807, 2.05) is 0 Å². The topological polar surface area (TPSA) is 33.7 Å². The van der Waals surface area contributed by atoms with Crippen molar-refractivity contribution in [2.24, 2.45) is 0 Å². The Morgan fingerprint density at radius 2 is 1.61 bits per heavy atom. The number of methoxy groups -OCH3 is 2. The minimum absolute atomic E-state index is 0.668. The van der Waals surface area contributed by atoms with Crippen LogP contribution in [0.3, 0.4) is 0 Å². The minimum atomic E-state index is 0.668. The molecule has 4 heteroatoms. The van der Waals surface area contributed by atoms with Crippen molar-refractivity contribution in [2.45, 2.75) is 39.2 Å². The zero-order valence-corrected chi connectivity index (χ0v) is 12.7. The van der Waals surface area contributed by atoms with Crippen LogP contribution in [0.4, 0.5) is 0 Å². The summed E-state index contributed by atoms with van der Waals surface area (Å²) in [6.45, 7) is 10.2. The summed E-state index contributed by atoms with van der Waals surface area (Å²) >= 11 is 0. The Hall–Kier alpha value is -0.160. The van der Waals surface area contributed by atoms with E-state index in [1.54, 1.807) is 14.2 Å². The van der Waals surface area contributed by atoms with Crippen LogP contribution in [0.2, 0.25) is 0 Å². The van der Waals surface area contributed by atoms with Crippen molar-refractivity contribution in [3.63, 3.8) is 0 Å². The van der Waals surface area contributed by atoms with Crippen LogP contribution < -0.4 is 5.32 Å². The van der Waals surface area contributed by atoms with Gasteiger partial charge in [-0.2, -0.15) is 0 Å². The summed E-state index contributed by atoms with van der Waals surface area (Å²) in [6.07, 6.45) is 3.70. The standard InChI is InChI=1S/C14H32N2O2/c1-5-14(15-6-2)8-7-9-16(10-12-17-3)11-13-18-4/h14-15H,5-13H2,1-4H3. The molecule has 0 amide bonds. The zero-order valence-electron chi connectivity index (χ0n) is 12.7. The molecule has 0 fully saturated rings. The van der Waals surface area contributed by atoms with Gasteiger partial charge in [-0.15, -0.1) is 0 Å². The van der Waals surface area contributed by atoms with Crippen LogP contribution in [-0.4, -0.2) is 64.6 Å². The number of hydrogen-bond acceptors (Lipinski definition) is 4. The molecule has 0 heterocycles. The van der Waals surface area contributed by atoms with Gasteiger partial charge in [0, 0.05) is 33.4 Å². The maximum atomic E-state index is 5.14. The lowest BCUT2D eigenvalue weighted by Crippen LogP contribution is -2.33. The summed E-state index contributed by atoms with van der Waals surface area (Å²) < 4.78 is 10.3. The van der Waals surface area contributed by atoms with Crippen molar-refractivity contribution in [2.75, 3.05) is 53.6 Å². The molecule has 1 N–H and O–H groups in total. The van der Waals surface area contributed by atoms with Crippen molar-refractivity contribution in [3.05, 3.63) is 0 Å². The maximum Gasteiger partial charge on any atom is 0.0589 e. The SMILES string of the molecule is CCNC(CC)CCCN(CCOC)CCOC. The smallest absolute Gasteiger partial charge is 0.0589 e. The Kier molecular flexibility index (Phi) is 13.2. The van der Waals surface area contributed by atoms with E-state index < -0.39 is 0 Å². The van der Waals surface area contributed by atoms with Crippen molar-refractivity contribution in [3.8, 4) is 0 Å². The van der Waals surface area contributed by atoms with E-state index in [-0.39, 0.29) is 0 Å². The van der Waals surface area contributed by atoms with Crippen LogP contribution >= 0.6 is 0 Å². The lowest BCUT2D eigenvalue weighted by atomic mass is 10.1. The lowest BCUT2D eigenvalue weighted by molar-refractivity contribution is 0.112. The first-order valence-electron chi connectivity index (χ1n) is 7.22. The van der Waals surface area contributed by atoms with Crippen LogP contribution in [-0.2, 0) is 9.47 Å². The van der Waals surface area contributed by atoms with Crippen LogP contribution in [0.5, 0.6) is 0 Å². The highest BCUT2D eigenvalue weighted by Crippen LogP contribution is 2.03. The highest BCUT2D eigenvalue weighted by molar-refractivity contribution is 4.66. The molecular formula is C14H32N2O2. The summed E-state index contributed by atoms with van der Waals surface area (Å²) in [5, 5.41) is 3.52. The van der Waals surface area contributed by atoms with E-state index in [0.717, 1.165) is 39.4 Å². The lowest BCUT2D eigenvalue weighted by Gasteiger charge is -2.23. The van der Waals surface area contributed by atoms with E-state index >= 15 is 0 Å². The molecule has 0 aromatic heterocycles. The quantitative estimate of drug-likeness (QED) is 0.547. The number of ether oxygens (including phenoxy) is 2. The van der Waals surface area contributed by atoms with Gasteiger partial charge in [0.25, 0.3) is 0 Å². The van der Waals surface area contributed by atoms with Gasteiger partial charge in [0.15, 0.2) is 0 Å². The predicted molar refractivity (Wildman–Crippen MR) is 77.2 cm³/mol. The molecule has 0 aromatic carbocycles. The van der Waals surface area contributed by atoms with E-state index in [1.165, 1.54) is 19.3 Å². The van der Waals surface area contributed by atoms with Gasteiger partial charge in [-0.25, -0.2) is 0 Å². The molecule has 0 saturated carbocycles. The molecule has 18 heavy (non-hydrogen) atoms. The minimum Gasteiger partial charge on any atom is -0.383 e. The molecule has 0 saturated heterocycles. The monoisotopic (exact) mass is 260 g/mol. The first-order chi connectivity index (χ1) is 8.78. The Morgan fingerprint density at radius 3 is 2.06 bits per heavy atom. The molecular weight excluding hydrogens is 228 g/mol. The van der Waals surface area contributed by atoms with E-state index in [4.69, 9.17) is 9.47 Å². The van der Waals surface area contributed by atoms with Gasteiger partial charge in [0.1, 0.15) is 0 Å². The highest BCUT2D eigenvalue weighted by Gasteiger charge is 2.07. The van der Waals surface area contributed by atoms with Gasteiger partial charge in [-0.3, -0.25) is 4.90 Å². The maximum absolute atomic E-state index is 5.14.